The maximum Gasteiger partial charge on any atom is 0.311 e. The molecule has 1 fully saturated rings. The van der Waals surface area contributed by atoms with E-state index in [4.69, 9.17) is 4.74 Å². The van der Waals surface area contributed by atoms with Crippen molar-refractivity contribution >= 4 is 11.9 Å². The van der Waals surface area contributed by atoms with Crippen LogP contribution in [0.1, 0.15) is 36.0 Å². The number of amides is 1. The number of esters is 1. The van der Waals surface area contributed by atoms with E-state index < -0.39 is 0 Å². The number of nitrogens with zero attached hydrogens (tertiary/aromatic N) is 1. The number of pyridine rings is 1. The molecule has 0 spiro atoms. The van der Waals surface area contributed by atoms with Crippen LogP contribution in [0.2, 0.25) is 0 Å². The SMILES string of the molecule is COC(=O)C(CC1=CCCNC1)C1CCCN1C(=O)c1ccc(-c2ccc(=O)[nH]c2)cc1. The van der Waals surface area contributed by atoms with E-state index >= 15 is 0 Å². The second-order valence-electron chi connectivity index (χ2n) is 8.39. The van der Waals surface area contributed by atoms with E-state index in [0.717, 1.165) is 43.5 Å². The van der Waals surface area contributed by atoms with E-state index in [1.165, 1.54) is 18.7 Å². The molecule has 2 aromatic rings. The van der Waals surface area contributed by atoms with Gasteiger partial charge in [-0.05, 0) is 61.6 Å². The molecule has 0 radical (unpaired) electrons. The van der Waals surface area contributed by atoms with Gasteiger partial charge in [-0.15, -0.1) is 0 Å². The van der Waals surface area contributed by atoms with E-state index in [0.29, 0.717) is 18.5 Å². The summed E-state index contributed by atoms with van der Waals surface area (Å²) in [4.78, 5) is 41.8. The van der Waals surface area contributed by atoms with Gasteiger partial charge in [0.15, 0.2) is 0 Å². The number of H-pyrrole nitrogens is 1. The van der Waals surface area contributed by atoms with Crippen LogP contribution < -0.4 is 10.9 Å². The average molecular weight is 436 g/mol. The molecule has 1 aromatic carbocycles. The number of rotatable bonds is 6. The lowest BCUT2D eigenvalue weighted by atomic mass is 9.89. The Morgan fingerprint density at radius 3 is 2.59 bits per heavy atom. The Bertz CT molecular complexity index is 1040. The highest BCUT2D eigenvalue weighted by Crippen LogP contribution is 2.31. The molecule has 1 aromatic heterocycles. The summed E-state index contributed by atoms with van der Waals surface area (Å²) in [5.74, 6) is -0.683. The first-order chi connectivity index (χ1) is 15.6. The number of methoxy groups -OCH3 is 1. The van der Waals surface area contributed by atoms with Crippen LogP contribution in [0.4, 0.5) is 0 Å². The van der Waals surface area contributed by atoms with E-state index in [9.17, 15) is 14.4 Å². The van der Waals surface area contributed by atoms with Crippen molar-refractivity contribution in [3.63, 3.8) is 0 Å². The maximum absolute atomic E-state index is 13.4. The van der Waals surface area contributed by atoms with Crippen LogP contribution in [-0.2, 0) is 9.53 Å². The summed E-state index contributed by atoms with van der Waals surface area (Å²) in [7, 11) is 1.42. The Morgan fingerprint density at radius 2 is 1.94 bits per heavy atom. The summed E-state index contributed by atoms with van der Waals surface area (Å²) in [6.07, 6.45) is 7.09. The summed E-state index contributed by atoms with van der Waals surface area (Å²) in [5.41, 5.74) is 3.44. The average Bonchev–Trinajstić information content (AvgIpc) is 3.32. The number of likely N-dealkylation sites (tertiary alicyclic amines) is 1. The van der Waals surface area contributed by atoms with Crippen molar-refractivity contribution < 1.29 is 14.3 Å². The van der Waals surface area contributed by atoms with Crippen molar-refractivity contribution in [1.82, 2.24) is 15.2 Å². The van der Waals surface area contributed by atoms with Crippen LogP contribution in [0.25, 0.3) is 11.1 Å². The van der Waals surface area contributed by atoms with Crippen molar-refractivity contribution in [2.75, 3.05) is 26.7 Å². The number of hydrogen-bond donors (Lipinski definition) is 2. The van der Waals surface area contributed by atoms with Crippen molar-refractivity contribution in [3.8, 4) is 11.1 Å². The van der Waals surface area contributed by atoms with Gasteiger partial charge in [-0.1, -0.05) is 23.8 Å². The molecular formula is C25H29N3O4. The first-order valence-electron chi connectivity index (χ1n) is 11.1. The molecule has 7 nitrogen and oxygen atoms in total. The van der Waals surface area contributed by atoms with Crippen LogP contribution in [0.5, 0.6) is 0 Å². The molecule has 1 saturated heterocycles. The van der Waals surface area contributed by atoms with E-state index in [1.54, 1.807) is 24.4 Å². The zero-order chi connectivity index (χ0) is 22.5. The summed E-state index contributed by atoms with van der Waals surface area (Å²) in [6.45, 7) is 2.37. The summed E-state index contributed by atoms with van der Waals surface area (Å²) < 4.78 is 5.12. The molecular weight excluding hydrogens is 406 g/mol. The van der Waals surface area contributed by atoms with Gasteiger partial charge in [0.25, 0.3) is 5.91 Å². The first kappa shape index (κ1) is 22.0. The Kier molecular flexibility index (Phi) is 6.85. The standard InChI is InChI=1S/C25H29N3O4/c1-32-25(31)21(14-17-4-2-12-26-15-17)22-5-3-13-28(22)24(30)19-8-6-18(7-9-19)20-10-11-23(29)27-16-20/h4,6-11,16,21-22,26H,2-3,5,12-15H2,1H3,(H,27,29). The summed E-state index contributed by atoms with van der Waals surface area (Å²) >= 11 is 0. The van der Waals surface area contributed by atoms with E-state index in [2.05, 4.69) is 16.4 Å². The fourth-order valence-corrected chi connectivity index (χ4v) is 4.69. The van der Waals surface area contributed by atoms with E-state index in [1.807, 2.05) is 17.0 Å². The minimum Gasteiger partial charge on any atom is -0.469 e. The number of carbonyl (C=O) groups excluding carboxylic acids is 2. The number of ether oxygens (including phenoxy) is 1. The summed E-state index contributed by atoms with van der Waals surface area (Å²) in [5, 5.41) is 3.35. The molecule has 2 aliphatic heterocycles. The fourth-order valence-electron chi connectivity index (χ4n) is 4.69. The largest absolute Gasteiger partial charge is 0.469 e. The number of nitrogens with one attached hydrogen (secondary N) is 2. The Hall–Kier alpha value is -3.19. The lowest BCUT2D eigenvalue weighted by Gasteiger charge is -2.31. The van der Waals surface area contributed by atoms with Crippen molar-refractivity contribution in [2.45, 2.75) is 31.7 Å². The van der Waals surface area contributed by atoms with Gasteiger partial charge >= 0.3 is 5.97 Å². The van der Waals surface area contributed by atoms with Gasteiger partial charge < -0.3 is 19.9 Å². The predicted molar refractivity (Wildman–Crippen MR) is 122 cm³/mol. The second kappa shape index (κ2) is 9.96. The Balaban J connectivity index is 1.52. The smallest absolute Gasteiger partial charge is 0.311 e. The maximum atomic E-state index is 13.4. The fraction of sp³-hybridized carbons (Fsp3) is 0.400. The molecule has 3 heterocycles. The van der Waals surface area contributed by atoms with Crippen LogP contribution in [0.3, 0.4) is 0 Å². The lowest BCUT2D eigenvalue weighted by Crippen LogP contribution is -2.44. The van der Waals surface area contributed by atoms with Gasteiger partial charge in [0.2, 0.25) is 5.56 Å². The molecule has 2 atom stereocenters. The Labute approximate surface area is 187 Å². The minimum atomic E-state index is -0.363. The van der Waals surface area contributed by atoms with Gasteiger partial charge in [0.1, 0.15) is 0 Å². The van der Waals surface area contributed by atoms with Gasteiger partial charge in [-0.25, -0.2) is 0 Å². The molecule has 4 rings (SSSR count). The number of aromatic amines is 1. The number of benzene rings is 1. The normalized spacial score (nSPS) is 19.3. The number of aromatic nitrogens is 1. The lowest BCUT2D eigenvalue weighted by molar-refractivity contribution is -0.147. The number of hydrogen-bond acceptors (Lipinski definition) is 5. The molecule has 32 heavy (non-hydrogen) atoms. The van der Waals surface area contributed by atoms with Crippen LogP contribution in [-0.4, -0.2) is 54.5 Å². The predicted octanol–water partition coefficient (Wildman–Crippen LogP) is 2.75. The van der Waals surface area contributed by atoms with Gasteiger partial charge in [0, 0.05) is 37.0 Å². The highest BCUT2D eigenvalue weighted by Gasteiger charge is 2.39. The van der Waals surface area contributed by atoms with Crippen LogP contribution >= 0.6 is 0 Å². The highest BCUT2D eigenvalue weighted by atomic mass is 16.5. The van der Waals surface area contributed by atoms with E-state index in [-0.39, 0.29) is 29.4 Å². The third-order valence-electron chi connectivity index (χ3n) is 6.37. The molecule has 0 aliphatic carbocycles. The van der Waals surface area contributed by atoms with Crippen molar-refractivity contribution in [1.29, 1.82) is 0 Å². The van der Waals surface area contributed by atoms with Gasteiger partial charge in [-0.2, -0.15) is 0 Å². The summed E-state index contributed by atoms with van der Waals surface area (Å²) in [6, 6.07) is 10.4. The Morgan fingerprint density at radius 1 is 1.16 bits per heavy atom. The third kappa shape index (κ3) is 4.83. The molecule has 2 N–H and O–H groups in total. The number of carbonyl (C=O) groups is 2. The molecule has 2 unspecified atom stereocenters. The zero-order valence-corrected chi connectivity index (χ0v) is 18.3. The molecule has 1 amide bonds. The molecule has 168 valence electrons. The van der Waals surface area contributed by atoms with Gasteiger partial charge in [-0.3, -0.25) is 14.4 Å². The first-order valence-corrected chi connectivity index (χ1v) is 11.1. The molecule has 0 saturated carbocycles. The highest BCUT2D eigenvalue weighted by molar-refractivity contribution is 5.95. The van der Waals surface area contributed by atoms with Gasteiger partial charge in [0.05, 0.1) is 13.0 Å². The topological polar surface area (TPSA) is 91.5 Å². The van der Waals surface area contributed by atoms with Crippen LogP contribution in [0.15, 0.2) is 59.0 Å². The zero-order valence-electron chi connectivity index (χ0n) is 18.3. The van der Waals surface area contributed by atoms with Crippen molar-refractivity contribution in [3.05, 3.63) is 70.2 Å². The van der Waals surface area contributed by atoms with Crippen molar-refractivity contribution in [2.24, 2.45) is 5.92 Å². The minimum absolute atomic E-state index is 0.0647. The molecule has 2 aliphatic rings. The monoisotopic (exact) mass is 435 g/mol. The third-order valence-corrected chi connectivity index (χ3v) is 6.37. The van der Waals surface area contributed by atoms with Crippen LogP contribution in [0, 0.1) is 5.92 Å². The molecule has 7 heteroatoms. The second-order valence-corrected chi connectivity index (χ2v) is 8.39. The quantitative estimate of drug-likeness (QED) is 0.538. The molecule has 0 bridgehead atoms.